The number of benzene rings is 1. The van der Waals surface area contributed by atoms with Crippen molar-refractivity contribution < 1.29 is 14.2 Å². The van der Waals surface area contributed by atoms with Gasteiger partial charge < -0.3 is 24.8 Å². The van der Waals surface area contributed by atoms with E-state index in [1.165, 1.54) is 5.56 Å². The lowest BCUT2D eigenvalue weighted by Crippen LogP contribution is -2.38. The quantitative estimate of drug-likeness (QED) is 0.369. The maximum Gasteiger partial charge on any atom is 0.203 e. The largest absolute Gasteiger partial charge is 0.493 e. The number of aromatic nitrogens is 2. The third-order valence-corrected chi connectivity index (χ3v) is 4.11. The molecule has 0 aliphatic rings. The molecule has 2 rings (SSSR count). The Balaban J connectivity index is 1.97. The normalized spacial score (nSPS) is 11.2. The highest BCUT2D eigenvalue weighted by atomic mass is 16.5. The van der Waals surface area contributed by atoms with Gasteiger partial charge in [-0.15, -0.1) is 0 Å². The Bertz CT molecular complexity index is 748. The fourth-order valence-corrected chi connectivity index (χ4v) is 2.78. The van der Waals surface area contributed by atoms with Crippen LogP contribution < -0.4 is 24.8 Å². The summed E-state index contributed by atoms with van der Waals surface area (Å²) in [6.07, 6.45) is 4.87. The SMILES string of the molecule is CCNC(=NCc1cc(OC)c(OC)c(OC)c1)NCCCn1cc(C)cn1. The second-order valence-corrected chi connectivity index (χ2v) is 6.29. The van der Waals surface area contributed by atoms with Crippen molar-refractivity contribution in [2.24, 2.45) is 4.99 Å². The zero-order valence-corrected chi connectivity index (χ0v) is 17.4. The van der Waals surface area contributed by atoms with Crippen LogP contribution in [-0.2, 0) is 13.1 Å². The fraction of sp³-hybridized carbons (Fsp3) is 0.500. The van der Waals surface area contributed by atoms with Crippen molar-refractivity contribution in [3.8, 4) is 17.2 Å². The molecule has 2 N–H and O–H groups in total. The van der Waals surface area contributed by atoms with Gasteiger partial charge in [-0.05, 0) is 43.5 Å². The first-order valence-corrected chi connectivity index (χ1v) is 9.41. The molecular weight excluding hydrogens is 358 g/mol. The molecule has 154 valence electrons. The van der Waals surface area contributed by atoms with Gasteiger partial charge in [-0.2, -0.15) is 5.10 Å². The third kappa shape index (κ3) is 6.07. The molecule has 0 unspecified atom stereocenters. The fourth-order valence-electron chi connectivity index (χ4n) is 2.78. The van der Waals surface area contributed by atoms with Crippen molar-refractivity contribution in [2.45, 2.75) is 33.4 Å². The summed E-state index contributed by atoms with van der Waals surface area (Å²) >= 11 is 0. The van der Waals surface area contributed by atoms with Crippen molar-refractivity contribution in [2.75, 3.05) is 34.4 Å². The average molecular weight is 390 g/mol. The van der Waals surface area contributed by atoms with Gasteiger partial charge in [-0.1, -0.05) is 0 Å². The van der Waals surface area contributed by atoms with Crippen LogP contribution in [0.25, 0.3) is 0 Å². The summed E-state index contributed by atoms with van der Waals surface area (Å²) in [5.41, 5.74) is 2.15. The van der Waals surface area contributed by atoms with E-state index >= 15 is 0 Å². The molecule has 0 fully saturated rings. The van der Waals surface area contributed by atoms with E-state index in [1.54, 1.807) is 21.3 Å². The van der Waals surface area contributed by atoms with Gasteiger partial charge in [-0.25, -0.2) is 4.99 Å². The molecule has 0 spiro atoms. The standard InChI is InChI=1S/C20H31N5O3/c1-6-21-20(22-8-7-9-25-14-15(2)12-24-25)23-13-16-10-17(26-3)19(28-5)18(11-16)27-4/h10-12,14H,6-9,13H2,1-5H3,(H2,21,22,23). The summed E-state index contributed by atoms with van der Waals surface area (Å²) < 4.78 is 18.1. The van der Waals surface area contributed by atoms with Gasteiger partial charge in [-0.3, -0.25) is 4.68 Å². The molecule has 28 heavy (non-hydrogen) atoms. The van der Waals surface area contributed by atoms with Gasteiger partial charge in [0.15, 0.2) is 17.5 Å². The Morgan fingerprint density at radius 3 is 2.36 bits per heavy atom. The predicted octanol–water partition coefficient (Wildman–Crippen LogP) is 2.36. The summed E-state index contributed by atoms with van der Waals surface area (Å²) in [5, 5.41) is 10.9. The number of ether oxygens (including phenoxy) is 3. The van der Waals surface area contributed by atoms with Gasteiger partial charge >= 0.3 is 0 Å². The van der Waals surface area contributed by atoms with E-state index in [4.69, 9.17) is 14.2 Å². The number of aliphatic imine (C=N–C) groups is 1. The lowest BCUT2D eigenvalue weighted by Gasteiger charge is -2.14. The first-order chi connectivity index (χ1) is 13.6. The summed E-state index contributed by atoms with van der Waals surface area (Å²) in [6, 6.07) is 3.82. The Morgan fingerprint density at radius 2 is 1.82 bits per heavy atom. The van der Waals surface area contributed by atoms with E-state index in [2.05, 4.69) is 20.7 Å². The van der Waals surface area contributed by atoms with Gasteiger partial charge in [0.1, 0.15) is 0 Å². The maximum atomic E-state index is 5.40. The summed E-state index contributed by atoms with van der Waals surface area (Å²) in [4.78, 5) is 4.66. The van der Waals surface area contributed by atoms with Crippen LogP contribution in [0.3, 0.4) is 0 Å². The average Bonchev–Trinajstić information content (AvgIpc) is 3.13. The van der Waals surface area contributed by atoms with Gasteiger partial charge in [0, 0.05) is 25.8 Å². The van der Waals surface area contributed by atoms with Crippen LogP contribution in [0, 0.1) is 6.92 Å². The topological polar surface area (TPSA) is 81.9 Å². The van der Waals surface area contributed by atoms with Crippen LogP contribution in [0.1, 0.15) is 24.5 Å². The molecule has 0 radical (unpaired) electrons. The predicted molar refractivity (Wildman–Crippen MR) is 110 cm³/mol. The zero-order valence-electron chi connectivity index (χ0n) is 17.4. The second-order valence-electron chi connectivity index (χ2n) is 6.29. The zero-order chi connectivity index (χ0) is 20.4. The van der Waals surface area contributed by atoms with Crippen molar-refractivity contribution in [1.82, 2.24) is 20.4 Å². The maximum absolute atomic E-state index is 5.40. The number of hydrogen-bond acceptors (Lipinski definition) is 5. The molecule has 0 aliphatic heterocycles. The van der Waals surface area contributed by atoms with E-state index in [0.29, 0.717) is 23.8 Å². The van der Waals surface area contributed by atoms with Gasteiger partial charge in [0.2, 0.25) is 5.75 Å². The van der Waals surface area contributed by atoms with Crippen molar-refractivity contribution >= 4 is 5.96 Å². The number of methoxy groups -OCH3 is 3. The molecule has 2 aromatic rings. The highest BCUT2D eigenvalue weighted by molar-refractivity contribution is 5.79. The number of rotatable bonds is 10. The van der Waals surface area contributed by atoms with Crippen LogP contribution in [0.15, 0.2) is 29.5 Å². The molecule has 0 bridgehead atoms. The minimum Gasteiger partial charge on any atom is -0.493 e. The monoisotopic (exact) mass is 389 g/mol. The number of aryl methyl sites for hydroxylation is 2. The molecule has 1 heterocycles. The van der Waals surface area contributed by atoms with E-state index in [9.17, 15) is 0 Å². The first-order valence-electron chi connectivity index (χ1n) is 9.41. The number of hydrogen-bond donors (Lipinski definition) is 2. The van der Waals surface area contributed by atoms with E-state index in [1.807, 2.05) is 43.1 Å². The molecular formula is C20H31N5O3. The minimum absolute atomic E-state index is 0.490. The molecule has 0 saturated heterocycles. The molecule has 0 saturated carbocycles. The van der Waals surface area contributed by atoms with E-state index in [0.717, 1.165) is 37.6 Å². The van der Waals surface area contributed by atoms with Crippen molar-refractivity contribution in [1.29, 1.82) is 0 Å². The third-order valence-electron chi connectivity index (χ3n) is 4.11. The van der Waals surface area contributed by atoms with Gasteiger partial charge in [0.25, 0.3) is 0 Å². The van der Waals surface area contributed by atoms with Crippen molar-refractivity contribution in [3.63, 3.8) is 0 Å². The van der Waals surface area contributed by atoms with Crippen LogP contribution in [0.4, 0.5) is 0 Å². The lowest BCUT2D eigenvalue weighted by atomic mass is 10.2. The second kappa shape index (κ2) is 11.1. The Morgan fingerprint density at radius 1 is 1.11 bits per heavy atom. The molecule has 8 heteroatoms. The van der Waals surface area contributed by atoms with Crippen LogP contribution in [-0.4, -0.2) is 50.2 Å². The van der Waals surface area contributed by atoms with E-state index < -0.39 is 0 Å². The number of nitrogens with one attached hydrogen (secondary N) is 2. The highest BCUT2D eigenvalue weighted by Crippen LogP contribution is 2.38. The molecule has 1 aromatic heterocycles. The molecule has 8 nitrogen and oxygen atoms in total. The Labute approximate surface area is 166 Å². The first kappa shape index (κ1) is 21.4. The summed E-state index contributed by atoms with van der Waals surface area (Å²) in [5.74, 6) is 2.60. The highest BCUT2D eigenvalue weighted by Gasteiger charge is 2.13. The van der Waals surface area contributed by atoms with Crippen LogP contribution >= 0.6 is 0 Å². The number of nitrogens with zero attached hydrogens (tertiary/aromatic N) is 3. The molecule has 0 amide bonds. The smallest absolute Gasteiger partial charge is 0.203 e. The molecule has 0 atom stereocenters. The Kier molecular flexibility index (Phi) is 8.45. The molecule has 1 aromatic carbocycles. The van der Waals surface area contributed by atoms with Gasteiger partial charge in [0.05, 0.1) is 34.1 Å². The van der Waals surface area contributed by atoms with E-state index in [-0.39, 0.29) is 0 Å². The van der Waals surface area contributed by atoms with Crippen molar-refractivity contribution in [3.05, 3.63) is 35.7 Å². The summed E-state index contributed by atoms with van der Waals surface area (Å²) in [6.45, 7) is 7.04. The lowest BCUT2D eigenvalue weighted by molar-refractivity contribution is 0.324. The summed E-state index contributed by atoms with van der Waals surface area (Å²) in [7, 11) is 4.81. The number of guanidine groups is 1. The van der Waals surface area contributed by atoms with Crippen LogP contribution in [0.2, 0.25) is 0 Å². The minimum atomic E-state index is 0.490. The molecule has 0 aliphatic carbocycles. The van der Waals surface area contributed by atoms with Crippen LogP contribution in [0.5, 0.6) is 17.2 Å². The Hall–Kier alpha value is -2.90.